The molecular weight excluding hydrogens is 394 g/mol. The highest BCUT2D eigenvalue weighted by molar-refractivity contribution is 5.89. The van der Waals surface area contributed by atoms with E-state index in [9.17, 15) is 18.7 Å². The zero-order valence-corrected chi connectivity index (χ0v) is 17.0. The average Bonchev–Trinajstić information content (AvgIpc) is 3.33. The summed E-state index contributed by atoms with van der Waals surface area (Å²) in [7, 11) is 0. The summed E-state index contributed by atoms with van der Waals surface area (Å²) in [6, 6.07) is 3.96. The second kappa shape index (κ2) is 7.46. The molecule has 1 saturated heterocycles. The number of aliphatic hydroxyl groups is 1. The third-order valence-electron chi connectivity index (χ3n) is 5.93. The summed E-state index contributed by atoms with van der Waals surface area (Å²) in [6.45, 7) is 5.26. The Morgan fingerprint density at radius 2 is 2.03 bits per heavy atom. The molecule has 3 atom stereocenters. The van der Waals surface area contributed by atoms with Gasteiger partial charge in [0.05, 0.1) is 18.3 Å². The molecule has 2 aliphatic rings. The molecule has 1 aliphatic carbocycles. The van der Waals surface area contributed by atoms with Crippen LogP contribution in [0.5, 0.6) is 0 Å². The molecule has 2 fully saturated rings. The van der Waals surface area contributed by atoms with Gasteiger partial charge in [0.1, 0.15) is 18.5 Å². The number of anilines is 2. The van der Waals surface area contributed by atoms with E-state index in [-0.39, 0.29) is 29.6 Å². The Kier molecular flexibility index (Phi) is 5.09. The molecule has 160 valence electrons. The van der Waals surface area contributed by atoms with Gasteiger partial charge in [0, 0.05) is 5.56 Å². The lowest BCUT2D eigenvalue weighted by molar-refractivity contribution is 0.142. The highest BCUT2D eigenvalue weighted by atomic mass is 19.1. The molecule has 30 heavy (non-hydrogen) atoms. The topological polar surface area (TPSA) is 87.6 Å². The van der Waals surface area contributed by atoms with Crippen molar-refractivity contribution in [3.63, 3.8) is 0 Å². The summed E-state index contributed by atoms with van der Waals surface area (Å²) in [4.78, 5) is 21.0. The predicted molar refractivity (Wildman–Crippen MR) is 106 cm³/mol. The quantitative estimate of drug-likeness (QED) is 0.744. The number of nitrogens with zero attached hydrogens (tertiary/aromatic N) is 3. The Labute approximate surface area is 173 Å². The molecular formula is C21H24F2N4O3. The van der Waals surface area contributed by atoms with E-state index >= 15 is 0 Å². The van der Waals surface area contributed by atoms with E-state index in [0.717, 1.165) is 29.5 Å². The van der Waals surface area contributed by atoms with Crippen LogP contribution >= 0.6 is 0 Å². The first-order valence-electron chi connectivity index (χ1n) is 9.92. The minimum absolute atomic E-state index is 0.0283. The fourth-order valence-corrected chi connectivity index (χ4v) is 3.63. The van der Waals surface area contributed by atoms with Crippen LogP contribution in [0, 0.1) is 11.6 Å². The number of ether oxygens (including phenoxy) is 1. The molecule has 9 heteroatoms. The fraction of sp³-hybridized carbons (Fsp3) is 0.476. The molecule has 1 amide bonds. The number of carbonyl (C=O) groups excluding carboxylic acids is 1. The van der Waals surface area contributed by atoms with Crippen LogP contribution in [-0.2, 0) is 10.2 Å². The van der Waals surface area contributed by atoms with Crippen LogP contribution in [0.1, 0.15) is 50.8 Å². The van der Waals surface area contributed by atoms with E-state index in [2.05, 4.69) is 22.2 Å². The molecule has 1 aromatic carbocycles. The van der Waals surface area contributed by atoms with Gasteiger partial charge >= 0.3 is 6.09 Å². The number of aliphatic hydroxyl groups excluding tert-OH is 1. The van der Waals surface area contributed by atoms with E-state index in [1.54, 1.807) is 19.1 Å². The van der Waals surface area contributed by atoms with Crippen molar-refractivity contribution in [3.05, 3.63) is 47.2 Å². The molecule has 2 heterocycles. The smallest absolute Gasteiger partial charge is 0.416 e. The second-order valence-corrected chi connectivity index (χ2v) is 8.28. The van der Waals surface area contributed by atoms with Gasteiger partial charge in [-0.05, 0) is 43.7 Å². The zero-order valence-electron chi connectivity index (χ0n) is 17.0. The Balaban J connectivity index is 1.57. The highest BCUT2D eigenvalue weighted by Gasteiger charge is 2.40. The van der Waals surface area contributed by atoms with Crippen LogP contribution in [0.25, 0.3) is 0 Å². The van der Waals surface area contributed by atoms with Crippen LogP contribution in [0.3, 0.4) is 0 Å². The van der Waals surface area contributed by atoms with Crippen molar-refractivity contribution in [2.45, 2.75) is 57.2 Å². The van der Waals surface area contributed by atoms with Crippen molar-refractivity contribution in [1.82, 2.24) is 9.97 Å². The van der Waals surface area contributed by atoms with E-state index in [4.69, 9.17) is 4.74 Å². The third kappa shape index (κ3) is 3.69. The van der Waals surface area contributed by atoms with Gasteiger partial charge in [-0.2, -0.15) is 4.98 Å². The number of rotatable bonds is 6. The van der Waals surface area contributed by atoms with Crippen molar-refractivity contribution in [2.75, 3.05) is 16.8 Å². The van der Waals surface area contributed by atoms with Crippen molar-refractivity contribution >= 4 is 17.9 Å². The van der Waals surface area contributed by atoms with Gasteiger partial charge in [-0.25, -0.2) is 23.5 Å². The van der Waals surface area contributed by atoms with Gasteiger partial charge in [-0.1, -0.05) is 19.1 Å². The maximum atomic E-state index is 14.7. The van der Waals surface area contributed by atoms with E-state index in [0.29, 0.717) is 5.56 Å². The first-order chi connectivity index (χ1) is 14.2. The Hall–Kier alpha value is -2.81. The summed E-state index contributed by atoms with van der Waals surface area (Å²) in [5.41, 5.74) is 1.48. The summed E-state index contributed by atoms with van der Waals surface area (Å²) >= 11 is 0. The van der Waals surface area contributed by atoms with Crippen LogP contribution in [0.15, 0.2) is 24.4 Å². The van der Waals surface area contributed by atoms with Crippen LogP contribution in [0.4, 0.5) is 25.3 Å². The molecule has 1 aliphatic heterocycles. The number of carbonyl (C=O) groups is 1. The van der Waals surface area contributed by atoms with Gasteiger partial charge in [-0.15, -0.1) is 0 Å². The minimum Gasteiger partial charge on any atom is -0.447 e. The number of benzene rings is 1. The van der Waals surface area contributed by atoms with E-state index in [1.165, 1.54) is 6.92 Å². The molecule has 2 N–H and O–H groups in total. The molecule has 4 rings (SSSR count). The standard InChI is InChI=1S/C21H24F2N4O3/c1-11(14-5-4-13(8-15(14)22)21(3)6-7-21)25-19-24-9-16(23)18(26-19)27-17(12(2)28)10-30-20(27)29/h4-5,8-9,11-12,17,28H,6-7,10H2,1-3H3,(H,24,25,26)/t11-,12+,17+/m0/s1. The predicted octanol–water partition coefficient (Wildman–Crippen LogP) is 3.69. The van der Waals surface area contributed by atoms with Gasteiger partial charge in [0.15, 0.2) is 11.6 Å². The summed E-state index contributed by atoms with van der Waals surface area (Å²) in [5, 5.41) is 12.8. The van der Waals surface area contributed by atoms with Crippen molar-refractivity contribution in [2.24, 2.45) is 0 Å². The maximum Gasteiger partial charge on any atom is 0.416 e. The lowest BCUT2D eigenvalue weighted by Gasteiger charge is -2.23. The largest absolute Gasteiger partial charge is 0.447 e. The number of halogens is 2. The number of cyclic esters (lactones) is 1. The molecule has 0 radical (unpaired) electrons. The number of aromatic nitrogens is 2. The normalized spacial score (nSPS) is 21.9. The highest BCUT2D eigenvalue weighted by Crippen LogP contribution is 2.48. The molecule has 1 aromatic heterocycles. The summed E-state index contributed by atoms with van der Waals surface area (Å²) in [6.07, 6.45) is 1.29. The van der Waals surface area contributed by atoms with Crippen LogP contribution in [0.2, 0.25) is 0 Å². The molecule has 1 saturated carbocycles. The fourth-order valence-electron chi connectivity index (χ4n) is 3.63. The number of amides is 1. The maximum absolute atomic E-state index is 14.7. The van der Waals surface area contributed by atoms with Crippen molar-refractivity contribution in [3.8, 4) is 0 Å². The van der Waals surface area contributed by atoms with E-state index < -0.39 is 30.1 Å². The van der Waals surface area contributed by atoms with Crippen molar-refractivity contribution < 1.29 is 23.4 Å². The Bertz CT molecular complexity index is 981. The monoisotopic (exact) mass is 418 g/mol. The number of nitrogens with one attached hydrogen (secondary N) is 1. The lowest BCUT2D eigenvalue weighted by Crippen LogP contribution is -2.42. The lowest BCUT2D eigenvalue weighted by atomic mass is 9.95. The van der Waals surface area contributed by atoms with Crippen LogP contribution in [-0.4, -0.2) is 39.9 Å². The van der Waals surface area contributed by atoms with Gasteiger partial charge in [0.25, 0.3) is 0 Å². The molecule has 0 bridgehead atoms. The molecule has 2 aromatic rings. The first-order valence-corrected chi connectivity index (χ1v) is 9.92. The molecule has 0 spiro atoms. The van der Waals surface area contributed by atoms with Gasteiger partial charge < -0.3 is 15.2 Å². The minimum atomic E-state index is -0.943. The first kappa shape index (κ1) is 20.5. The van der Waals surface area contributed by atoms with E-state index in [1.807, 2.05) is 6.07 Å². The summed E-state index contributed by atoms with van der Waals surface area (Å²) in [5.74, 6) is -1.43. The van der Waals surface area contributed by atoms with Crippen molar-refractivity contribution in [1.29, 1.82) is 0 Å². The zero-order chi connectivity index (χ0) is 21.6. The van der Waals surface area contributed by atoms with Gasteiger partial charge in [-0.3, -0.25) is 0 Å². The average molecular weight is 418 g/mol. The SMILES string of the molecule is C[C@H](Nc1ncc(F)c(N2C(=O)OC[C@@H]2[C@@H](C)O)n1)c1ccc(C2(C)CC2)cc1F. The molecule has 7 nitrogen and oxygen atoms in total. The van der Waals surface area contributed by atoms with Crippen LogP contribution < -0.4 is 10.2 Å². The Morgan fingerprint density at radius 1 is 1.30 bits per heavy atom. The third-order valence-corrected chi connectivity index (χ3v) is 5.93. The number of hydrogen-bond acceptors (Lipinski definition) is 6. The van der Waals surface area contributed by atoms with Gasteiger partial charge in [0.2, 0.25) is 5.95 Å². The second-order valence-electron chi connectivity index (χ2n) is 8.28. The molecule has 0 unspecified atom stereocenters. The number of hydrogen-bond donors (Lipinski definition) is 2. The summed E-state index contributed by atoms with van der Waals surface area (Å²) < 4.78 is 34.0. The Morgan fingerprint density at radius 3 is 2.67 bits per heavy atom.